The van der Waals surface area contributed by atoms with Crippen molar-refractivity contribution in [2.45, 2.75) is 52.4 Å². The number of aromatic nitrogens is 5. The number of anilines is 1. The maximum Gasteiger partial charge on any atom is 0.248 e. The Hall–Kier alpha value is -4.13. The fraction of sp³-hybridized carbons (Fsp3) is 0.345. The van der Waals surface area contributed by atoms with E-state index < -0.39 is 49.7 Å². The number of nitrogens with zero attached hydrogens (tertiary/aromatic N) is 6. The lowest BCUT2D eigenvalue weighted by molar-refractivity contribution is -0.137. The third kappa shape index (κ3) is 5.65. The molecule has 1 aliphatic heterocycles. The van der Waals surface area contributed by atoms with E-state index in [4.69, 9.17) is 0 Å². The fourth-order valence-electron chi connectivity index (χ4n) is 5.19. The molecule has 0 spiro atoms. The van der Waals surface area contributed by atoms with Gasteiger partial charge < -0.3 is 10.2 Å². The Labute approximate surface area is 248 Å². The molecule has 1 N–H and O–H groups in total. The van der Waals surface area contributed by atoms with Gasteiger partial charge in [0.05, 0.1) is 12.1 Å². The molecule has 0 aliphatic carbocycles. The Bertz CT molecular complexity index is 1730. The number of fused-ring (bicyclic) bond motifs is 1. The number of benzene rings is 1. The van der Waals surface area contributed by atoms with E-state index in [9.17, 15) is 18.8 Å². The van der Waals surface area contributed by atoms with Crippen molar-refractivity contribution in [2.24, 2.45) is 0 Å². The van der Waals surface area contributed by atoms with E-state index in [1.54, 1.807) is 44.4 Å². The zero-order valence-electron chi connectivity index (χ0n) is 23.4. The third-order valence-corrected chi connectivity index (χ3v) is 7.77. The minimum absolute atomic E-state index is 0.159. The largest absolute Gasteiger partial charge is 0.326 e. The quantitative estimate of drug-likeness (QED) is 0.230. The van der Waals surface area contributed by atoms with Crippen molar-refractivity contribution < 1.29 is 23.2 Å². The Morgan fingerprint density at radius 3 is 2.48 bits per heavy atom. The molecule has 2 atom stereocenters. The first-order chi connectivity index (χ1) is 19.9. The van der Waals surface area contributed by atoms with Gasteiger partial charge in [-0.05, 0) is 71.6 Å². The van der Waals surface area contributed by atoms with Gasteiger partial charge in [-0.15, -0.1) is 0 Å². The molecular formula is C29H28BrF2N7O3. The summed E-state index contributed by atoms with van der Waals surface area (Å²) in [4.78, 5) is 53.2. The van der Waals surface area contributed by atoms with E-state index in [-0.39, 0.29) is 17.3 Å². The summed E-state index contributed by atoms with van der Waals surface area (Å²) in [6.45, 7) is 4.38. The normalized spacial score (nSPS) is 18.5. The smallest absolute Gasteiger partial charge is 0.248 e. The molecule has 0 saturated carbocycles. The van der Waals surface area contributed by atoms with Crippen LogP contribution in [0.5, 0.6) is 0 Å². The van der Waals surface area contributed by atoms with Crippen molar-refractivity contribution in [3.05, 3.63) is 63.9 Å². The van der Waals surface area contributed by atoms with Crippen LogP contribution >= 0.6 is 15.9 Å². The Kier molecular flexibility index (Phi) is 7.88. The van der Waals surface area contributed by atoms with Gasteiger partial charge in [0, 0.05) is 36.7 Å². The molecule has 0 radical (unpaired) electrons. The predicted molar refractivity (Wildman–Crippen MR) is 155 cm³/mol. The molecule has 0 bridgehead atoms. The number of hydrogen-bond acceptors (Lipinski definition) is 7. The summed E-state index contributed by atoms with van der Waals surface area (Å²) < 4.78 is 30.9. The van der Waals surface area contributed by atoms with Crippen LogP contribution in [0.25, 0.3) is 22.0 Å². The summed E-state index contributed by atoms with van der Waals surface area (Å²) in [6, 6.07) is 5.82. The maximum absolute atomic E-state index is 15.3. The van der Waals surface area contributed by atoms with Crippen LogP contribution in [0, 0.1) is 20.8 Å². The number of aryl methyl sites for hydroxylation is 3. The van der Waals surface area contributed by atoms with Crippen LogP contribution in [0.1, 0.15) is 40.8 Å². The number of carbonyl (C=O) groups is 3. The van der Waals surface area contributed by atoms with Crippen LogP contribution in [0.3, 0.4) is 0 Å². The first-order valence-corrected chi connectivity index (χ1v) is 14.0. The first kappa shape index (κ1) is 29.4. The van der Waals surface area contributed by atoms with Gasteiger partial charge >= 0.3 is 0 Å². The van der Waals surface area contributed by atoms with E-state index in [0.717, 1.165) is 21.6 Å². The second kappa shape index (κ2) is 11.3. The molecule has 218 valence electrons. The number of rotatable bonds is 7. The summed E-state index contributed by atoms with van der Waals surface area (Å²) in [5, 5.41) is 7.61. The highest BCUT2D eigenvalue weighted by Crippen LogP contribution is 2.34. The molecule has 4 aromatic rings. The molecule has 4 heterocycles. The van der Waals surface area contributed by atoms with Crippen molar-refractivity contribution in [3.63, 3.8) is 0 Å². The molecule has 1 aromatic carbocycles. The zero-order valence-corrected chi connectivity index (χ0v) is 25.0. The van der Waals surface area contributed by atoms with Crippen molar-refractivity contribution in [2.75, 3.05) is 18.5 Å². The van der Waals surface area contributed by atoms with Crippen LogP contribution < -0.4 is 5.32 Å². The van der Waals surface area contributed by atoms with Gasteiger partial charge in [0.1, 0.15) is 41.2 Å². The maximum atomic E-state index is 15.3. The molecule has 2 amide bonds. The van der Waals surface area contributed by atoms with E-state index in [1.807, 2.05) is 13.0 Å². The molecule has 13 heteroatoms. The lowest BCUT2D eigenvalue weighted by atomic mass is 10.0. The van der Waals surface area contributed by atoms with Crippen molar-refractivity contribution >= 4 is 50.2 Å². The Morgan fingerprint density at radius 2 is 1.81 bits per heavy atom. The molecule has 3 aromatic heterocycles. The molecule has 1 saturated heterocycles. The average molecular weight is 640 g/mol. The minimum atomic E-state index is -2.38. The van der Waals surface area contributed by atoms with Crippen molar-refractivity contribution in [1.82, 2.24) is 29.6 Å². The molecule has 0 unspecified atom stereocenters. The van der Waals surface area contributed by atoms with E-state index in [2.05, 4.69) is 41.3 Å². The Morgan fingerprint density at radius 1 is 1.10 bits per heavy atom. The predicted octanol–water partition coefficient (Wildman–Crippen LogP) is 4.70. The van der Waals surface area contributed by atoms with Crippen molar-refractivity contribution in [3.8, 4) is 11.1 Å². The van der Waals surface area contributed by atoms with Gasteiger partial charge in [-0.25, -0.2) is 23.7 Å². The minimum Gasteiger partial charge on any atom is -0.326 e. The SMILES string of the molecule is CC(=O)c1nn(CC(=O)N2C[C@@](F)(CF)C[C@H]2C(=O)Nc2nc(Br)ccc2C)c2c(C)cc(-c3cnc(C)nc3)cc12. The number of hydrogen-bond donors (Lipinski definition) is 1. The molecular weight excluding hydrogens is 612 g/mol. The van der Waals surface area contributed by atoms with E-state index >= 15 is 4.39 Å². The molecule has 1 fully saturated rings. The number of carbonyl (C=O) groups excluding carboxylic acids is 3. The van der Waals surface area contributed by atoms with E-state index in [0.29, 0.717) is 26.9 Å². The van der Waals surface area contributed by atoms with Gasteiger partial charge in [-0.2, -0.15) is 5.10 Å². The standard InChI is InChI=1S/C29H28BrF2N7O3/c1-15-5-6-23(30)35-27(15)36-28(42)22-9-29(32,13-31)14-38(22)24(41)12-39-26-16(2)7-19(20-10-33-18(4)34-11-20)8-21(26)25(37-39)17(3)40/h5-8,10-11,22H,9,12-14H2,1-4H3,(H,35,36,42)/t22-,29-/m0/s1. The van der Waals surface area contributed by atoms with Crippen LogP contribution in [-0.4, -0.2) is 72.2 Å². The monoisotopic (exact) mass is 639 g/mol. The number of likely N-dealkylation sites (tertiary alicyclic amines) is 1. The Balaban J connectivity index is 1.48. The van der Waals surface area contributed by atoms with Gasteiger partial charge in [-0.1, -0.05) is 6.07 Å². The molecule has 10 nitrogen and oxygen atoms in total. The van der Waals surface area contributed by atoms with Crippen molar-refractivity contribution in [1.29, 1.82) is 0 Å². The lowest BCUT2D eigenvalue weighted by Gasteiger charge is -2.24. The summed E-state index contributed by atoms with van der Waals surface area (Å²) in [7, 11) is 0. The number of halogens is 3. The summed E-state index contributed by atoms with van der Waals surface area (Å²) >= 11 is 3.25. The van der Waals surface area contributed by atoms with Gasteiger partial charge in [0.25, 0.3) is 0 Å². The lowest BCUT2D eigenvalue weighted by Crippen LogP contribution is -2.45. The average Bonchev–Trinajstić information content (AvgIpc) is 3.50. The summed E-state index contributed by atoms with van der Waals surface area (Å²) in [5.74, 6) is -0.765. The van der Waals surface area contributed by atoms with Crippen LogP contribution in [0.4, 0.5) is 14.6 Å². The number of Topliss-reactive ketones (excluding diaryl/α,β-unsaturated/α-hetero) is 1. The topological polar surface area (TPSA) is 123 Å². The van der Waals surface area contributed by atoms with Gasteiger partial charge in [0.15, 0.2) is 11.5 Å². The number of nitrogens with one attached hydrogen (secondary N) is 1. The van der Waals surface area contributed by atoms with Gasteiger partial charge in [-0.3, -0.25) is 19.1 Å². The highest BCUT2D eigenvalue weighted by atomic mass is 79.9. The fourth-order valence-corrected chi connectivity index (χ4v) is 5.50. The highest BCUT2D eigenvalue weighted by Gasteiger charge is 2.49. The zero-order chi connectivity index (χ0) is 30.3. The first-order valence-electron chi connectivity index (χ1n) is 13.2. The molecule has 1 aliphatic rings. The number of pyridine rings is 1. The second-order valence-electron chi connectivity index (χ2n) is 10.6. The second-order valence-corrected chi connectivity index (χ2v) is 11.4. The summed E-state index contributed by atoms with van der Waals surface area (Å²) in [5.41, 5.74) is 1.22. The number of alkyl halides is 2. The summed E-state index contributed by atoms with van der Waals surface area (Å²) in [6.07, 6.45) is 2.86. The highest BCUT2D eigenvalue weighted by molar-refractivity contribution is 9.10. The molecule has 42 heavy (non-hydrogen) atoms. The number of ketones is 1. The van der Waals surface area contributed by atoms with E-state index in [1.165, 1.54) is 11.6 Å². The number of amides is 2. The van der Waals surface area contributed by atoms with Gasteiger partial charge in [0.2, 0.25) is 11.8 Å². The molecule has 5 rings (SSSR count). The third-order valence-electron chi connectivity index (χ3n) is 7.32. The van der Waals surface area contributed by atoms with Crippen LogP contribution in [0.15, 0.2) is 41.3 Å². The van der Waals surface area contributed by atoms with Crippen LogP contribution in [-0.2, 0) is 16.1 Å². The van der Waals surface area contributed by atoms with Crippen LogP contribution in [0.2, 0.25) is 0 Å².